The van der Waals surface area contributed by atoms with Crippen molar-refractivity contribution in [3.63, 3.8) is 0 Å². The van der Waals surface area contributed by atoms with E-state index in [2.05, 4.69) is 25.6 Å². The lowest BCUT2D eigenvalue weighted by Crippen LogP contribution is -2.29. The molecule has 158 valence electrons. The van der Waals surface area contributed by atoms with Gasteiger partial charge in [-0.3, -0.25) is 5.21 Å². The van der Waals surface area contributed by atoms with Crippen molar-refractivity contribution in [3.05, 3.63) is 64.7 Å². The van der Waals surface area contributed by atoms with Crippen molar-refractivity contribution in [1.82, 2.24) is 15.0 Å². The van der Waals surface area contributed by atoms with Gasteiger partial charge in [-0.05, 0) is 49.6 Å². The van der Waals surface area contributed by atoms with E-state index in [-0.39, 0.29) is 17.7 Å². The van der Waals surface area contributed by atoms with E-state index >= 15 is 0 Å². The van der Waals surface area contributed by atoms with Crippen molar-refractivity contribution in [2.24, 2.45) is 0 Å². The van der Waals surface area contributed by atoms with Gasteiger partial charge in [-0.1, -0.05) is 41.9 Å². The number of anilines is 3. The smallest absolute Gasteiger partial charge is 0.256 e. The minimum absolute atomic E-state index is 0.147. The van der Waals surface area contributed by atoms with Crippen molar-refractivity contribution in [2.75, 3.05) is 22.2 Å². The van der Waals surface area contributed by atoms with E-state index in [1.54, 1.807) is 12.1 Å². The number of hydrogen-bond donors (Lipinski definition) is 4. The molecule has 0 aliphatic heterocycles. The first-order chi connectivity index (χ1) is 14.4. The summed E-state index contributed by atoms with van der Waals surface area (Å²) in [6, 6.07) is 14.3. The molecule has 2 aromatic carbocycles. The molecule has 0 bridgehead atoms. The maximum atomic E-state index is 10.3. The van der Waals surface area contributed by atoms with Crippen LogP contribution in [0.3, 0.4) is 0 Å². The second-order valence-electron chi connectivity index (χ2n) is 7.01. The second kappa shape index (κ2) is 10.1. The number of aromatic hydroxyl groups is 1. The lowest BCUT2D eigenvalue weighted by atomic mass is 10.1. The number of halogens is 1. The Balaban J connectivity index is 1.72. The highest BCUT2D eigenvalue weighted by Gasteiger charge is 2.15. The number of hydroxylamine groups is 1. The highest BCUT2D eigenvalue weighted by atomic mass is 35.5. The molecule has 4 N–H and O–H groups in total. The number of aromatic nitrogens is 3. The molecule has 0 saturated carbocycles. The van der Waals surface area contributed by atoms with Gasteiger partial charge in [0.05, 0.1) is 6.04 Å². The Morgan fingerprint density at radius 1 is 0.967 bits per heavy atom. The van der Waals surface area contributed by atoms with Gasteiger partial charge in [0.15, 0.2) is 0 Å². The molecule has 0 saturated heterocycles. The minimum atomic E-state index is -0.200. The number of phenols is 1. The number of nitrogens with one attached hydrogen (secondary N) is 2. The number of rotatable bonds is 9. The molecule has 3 aromatic rings. The first kappa shape index (κ1) is 21.6. The molecule has 0 aliphatic rings. The van der Waals surface area contributed by atoms with Crippen LogP contribution in [0.4, 0.5) is 17.8 Å². The Morgan fingerprint density at radius 3 is 2.30 bits per heavy atom. The van der Waals surface area contributed by atoms with Gasteiger partial charge in [0.2, 0.25) is 11.9 Å². The third-order valence-corrected chi connectivity index (χ3v) is 4.71. The van der Waals surface area contributed by atoms with Crippen molar-refractivity contribution in [2.45, 2.75) is 32.9 Å². The van der Waals surface area contributed by atoms with Crippen LogP contribution < -0.4 is 15.7 Å². The first-order valence-electron chi connectivity index (χ1n) is 9.65. The molecule has 0 atom stereocenters. The molecule has 0 unspecified atom stereocenters. The third kappa shape index (κ3) is 5.95. The van der Waals surface area contributed by atoms with E-state index in [4.69, 9.17) is 11.6 Å². The first-order valence-corrected chi connectivity index (χ1v) is 10.0. The van der Waals surface area contributed by atoms with Gasteiger partial charge in [0.1, 0.15) is 5.75 Å². The predicted octanol–water partition coefficient (Wildman–Crippen LogP) is 4.10. The van der Waals surface area contributed by atoms with Crippen LogP contribution in [0.1, 0.15) is 25.0 Å². The second-order valence-corrected chi connectivity index (χ2v) is 7.42. The lowest BCUT2D eigenvalue weighted by Gasteiger charge is -2.20. The SMILES string of the molecule is CC(C)N(O)c1nc(NCCc2ccc(O)cc2)nc(NCc2ccccc2Cl)n1. The topological polar surface area (TPSA) is 106 Å². The van der Waals surface area contributed by atoms with Gasteiger partial charge >= 0.3 is 0 Å². The average Bonchev–Trinajstić information content (AvgIpc) is 2.74. The predicted molar refractivity (Wildman–Crippen MR) is 118 cm³/mol. The van der Waals surface area contributed by atoms with Crippen LogP contribution in [-0.2, 0) is 13.0 Å². The molecule has 8 nitrogen and oxygen atoms in total. The lowest BCUT2D eigenvalue weighted by molar-refractivity contribution is 0.222. The fourth-order valence-corrected chi connectivity index (χ4v) is 2.86. The maximum absolute atomic E-state index is 10.3. The number of nitrogens with zero attached hydrogens (tertiary/aromatic N) is 4. The van der Waals surface area contributed by atoms with E-state index in [1.165, 1.54) is 0 Å². The van der Waals surface area contributed by atoms with Gasteiger partial charge in [-0.15, -0.1) is 0 Å². The highest BCUT2D eigenvalue weighted by molar-refractivity contribution is 6.31. The van der Waals surface area contributed by atoms with Crippen LogP contribution >= 0.6 is 11.6 Å². The quantitative estimate of drug-likeness (QED) is 0.377. The fraction of sp³-hybridized carbons (Fsp3) is 0.286. The summed E-state index contributed by atoms with van der Waals surface area (Å²) in [5.74, 6) is 1.06. The summed E-state index contributed by atoms with van der Waals surface area (Å²) in [6.45, 7) is 4.67. The molecule has 9 heteroatoms. The van der Waals surface area contributed by atoms with Crippen molar-refractivity contribution in [3.8, 4) is 5.75 Å². The molecule has 30 heavy (non-hydrogen) atoms. The van der Waals surface area contributed by atoms with Crippen LogP contribution in [0, 0.1) is 0 Å². The maximum Gasteiger partial charge on any atom is 0.256 e. The largest absolute Gasteiger partial charge is 0.508 e. The summed E-state index contributed by atoms with van der Waals surface area (Å²) < 4.78 is 0. The van der Waals surface area contributed by atoms with Crippen molar-refractivity contribution < 1.29 is 10.3 Å². The van der Waals surface area contributed by atoms with Gasteiger partial charge in [0.25, 0.3) is 5.95 Å². The summed E-state index contributed by atoms with van der Waals surface area (Å²) in [5, 5.41) is 27.6. The van der Waals surface area contributed by atoms with Crippen LogP contribution in [0.15, 0.2) is 48.5 Å². The number of benzene rings is 2. The standard InChI is InChI=1S/C21H25ClN6O2/c1-14(2)28(30)21-26-19(23-12-11-15-7-9-17(29)10-8-15)25-20(27-21)24-13-16-5-3-4-6-18(16)22/h3-10,14,29-30H,11-13H2,1-2H3,(H2,23,24,25,26,27). The molecule has 0 fully saturated rings. The van der Waals surface area contributed by atoms with E-state index in [1.807, 2.05) is 50.2 Å². The molecular formula is C21H25ClN6O2. The molecule has 0 spiro atoms. The van der Waals surface area contributed by atoms with Crippen LogP contribution in [0.2, 0.25) is 5.02 Å². The van der Waals surface area contributed by atoms with Gasteiger partial charge < -0.3 is 15.7 Å². The van der Waals surface area contributed by atoms with Crippen LogP contribution in [-0.4, -0.2) is 37.9 Å². The number of hydrogen-bond acceptors (Lipinski definition) is 8. The molecule has 0 amide bonds. The van der Waals surface area contributed by atoms with Crippen molar-refractivity contribution in [1.29, 1.82) is 0 Å². The van der Waals surface area contributed by atoms with E-state index < -0.39 is 0 Å². The zero-order chi connectivity index (χ0) is 21.5. The zero-order valence-electron chi connectivity index (χ0n) is 16.9. The molecular weight excluding hydrogens is 404 g/mol. The summed E-state index contributed by atoms with van der Waals surface area (Å²) >= 11 is 6.21. The number of phenolic OH excluding ortho intramolecular Hbond substituents is 1. The Morgan fingerprint density at radius 2 is 1.63 bits per heavy atom. The van der Waals surface area contributed by atoms with Crippen LogP contribution in [0.25, 0.3) is 0 Å². The normalized spacial score (nSPS) is 10.8. The Kier molecular flexibility index (Phi) is 7.26. The van der Waals surface area contributed by atoms with Gasteiger partial charge in [0, 0.05) is 18.1 Å². The Labute approximate surface area is 180 Å². The van der Waals surface area contributed by atoms with Crippen LogP contribution in [0.5, 0.6) is 5.75 Å². The molecule has 0 aliphatic carbocycles. The molecule has 1 aromatic heterocycles. The molecule has 1 heterocycles. The summed E-state index contributed by atoms with van der Waals surface area (Å²) in [6.07, 6.45) is 0.719. The average molecular weight is 429 g/mol. The van der Waals surface area contributed by atoms with E-state index in [9.17, 15) is 10.3 Å². The third-order valence-electron chi connectivity index (χ3n) is 4.35. The summed E-state index contributed by atoms with van der Waals surface area (Å²) in [5.41, 5.74) is 1.98. The highest BCUT2D eigenvalue weighted by Crippen LogP contribution is 2.18. The van der Waals surface area contributed by atoms with E-state index in [0.29, 0.717) is 30.0 Å². The van der Waals surface area contributed by atoms with Crippen molar-refractivity contribution >= 4 is 29.4 Å². The zero-order valence-corrected chi connectivity index (χ0v) is 17.6. The molecule has 0 radical (unpaired) electrons. The summed E-state index contributed by atoms with van der Waals surface area (Å²) in [7, 11) is 0. The Bertz CT molecular complexity index is 968. The minimum Gasteiger partial charge on any atom is -0.508 e. The fourth-order valence-electron chi connectivity index (χ4n) is 2.65. The monoisotopic (exact) mass is 428 g/mol. The molecule has 3 rings (SSSR count). The van der Waals surface area contributed by atoms with E-state index in [0.717, 1.165) is 22.6 Å². The summed E-state index contributed by atoms with van der Waals surface area (Å²) in [4.78, 5) is 13.0. The van der Waals surface area contributed by atoms with Gasteiger partial charge in [-0.25, -0.2) is 5.06 Å². The van der Waals surface area contributed by atoms with Gasteiger partial charge in [-0.2, -0.15) is 15.0 Å². The Hall–Kier alpha value is -3.10.